The Balaban J connectivity index is 1.85. The minimum Gasteiger partial charge on any atom is -0.486 e. The zero-order valence-corrected chi connectivity index (χ0v) is 13.3. The van der Waals surface area contributed by atoms with E-state index in [1.165, 1.54) is 0 Å². The number of ether oxygens (including phenoxy) is 1. The van der Waals surface area contributed by atoms with Gasteiger partial charge in [-0.1, -0.05) is 42.0 Å². The molecule has 3 nitrogen and oxygen atoms in total. The van der Waals surface area contributed by atoms with Gasteiger partial charge in [-0.25, -0.2) is 4.98 Å². The highest BCUT2D eigenvalue weighted by molar-refractivity contribution is 7.80. The van der Waals surface area contributed by atoms with Crippen molar-refractivity contribution >= 4 is 50.4 Å². The van der Waals surface area contributed by atoms with Gasteiger partial charge in [0.1, 0.15) is 22.4 Å². The first kappa shape index (κ1) is 14.3. The van der Waals surface area contributed by atoms with Gasteiger partial charge in [-0.2, -0.15) is 0 Å². The molecule has 106 valence electrons. The van der Waals surface area contributed by atoms with Crippen LogP contribution in [0.4, 0.5) is 0 Å². The molecule has 2 aromatic carbocycles. The number of fused-ring (bicyclic) bond motifs is 1. The number of thiazole rings is 1. The van der Waals surface area contributed by atoms with Gasteiger partial charge in [0.05, 0.1) is 20.8 Å². The molecule has 2 N–H and O–H groups in total. The fraction of sp³-hybridized carbons (Fsp3) is 0.0667. The first-order valence-electron chi connectivity index (χ1n) is 6.20. The molecule has 1 aromatic heterocycles. The van der Waals surface area contributed by atoms with Crippen molar-refractivity contribution in [1.82, 2.24) is 4.98 Å². The lowest BCUT2D eigenvalue weighted by Crippen LogP contribution is -2.12. The SMILES string of the molecule is NC(=S)c1c(Cl)cccc1OCc1nc2ccccc2s1. The molecule has 0 saturated carbocycles. The molecule has 0 spiro atoms. The third-order valence-corrected chi connectivity index (χ3v) is 4.44. The maximum Gasteiger partial charge on any atom is 0.140 e. The fourth-order valence-corrected chi connectivity index (χ4v) is 3.40. The first-order chi connectivity index (χ1) is 10.1. The van der Waals surface area contributed by atoms with E-state index in [0.29, 0.717) is 22.9 Å². The Kier molecular flexibility index (Phi) is 4.05. The van der Waals surface area contributed by atoms with Gasteiger partial charge in [0.25, 0.3) is 0 Å². The van der Waals surface area contributed by atoms with E-state index in [9.17, 15) is 0 Å². The molecule has 0 atom stereocenters. The van der Waals surface area contributed by atoms with Crippen LogP contribution in [0.5, 0.6) is 5.75 Å². The van der Waals surface area contributed by atoms with Gasteiger partial charge in [-0.15, -0.1) is 11.3 Å². The molecular weight excluding hydrogens is 324 g/mol. The van der Waals surface area contributed by atoms with Crippen molar-refractivity contribution in [2.45, 2.75) is 6.61 Å². The van der Waals surface area contributed by atoms with Crippen LogP contribution in [0.25, 0.3) is 10.2 Å². The zero-order chi connectivity index (χ0) is 14.8. The molecule has 6 heteroatoms. The number of aromatic nitrogens is 1. The Hall–Kier alpha value is -1.69. The number of nitrogens with zero attached hydrogens (tertiary/aromatic N) is 1. The highest BCUT2D eigenvalue weighted by Gasteiger charge is 2.12. The molecule has 0 aliphatic heterocycles. The van der Waals surface area contributed by atoms with Gasteiger partial charge in [0, 0.05) is 0 Å². The first-order valence-corrected chi connectivity index (χ1v) is 7.81. The van der Waals surface area contributed by atoms with Crippen molar-refractivity contribution < 1.29 is 4.74 Å². The highest BCUT2D eigenvalue weighted by Crippen LogP contribution is 2.28. The molecule has 21 heavy (non-hydrogen) atoms. The Bertz CT molecular complexity index is 783. The topological polar surface area (TPSA) is 48.1 Å². The molecule has 0 fully saturated rings. The summed E-state index contributed by atoms with van der Waals surface area (Å²) in [4.78, 5) is 4.74. The lowest BCUT2D eigenvalue weighted by atomic mass is 10.2. The maximum atomic E-state index is 6.11. The lowest BCUT2D eigenvalue weighted by Gasteiger charge is -2.10. The molecule has 0 unspecified atom stereocenters. The van der Waals surface area contributed by atoms with E-state index >= 15 is 0 Å². The minimum atomic E-state index is 0.222. The molecule has 0 bridgehead atoms. The van der Waals surface area contributed by atoms with Crippen LogP contribution >= 0.6 is 35.2 Å². The van der Waals surface area contributed by atoms with Crippen molar-refractivity contribution in [3.05, 3.63) is 58.1 Å². The minimum absolute atomic E-state index is 0.222. The highest BCUT2D eigenvalue weighted by atomic mass is 35.5. The van der Waals surface area contributed by atoms with E-state index in [1.807, 2.05) is 24.3 Å². The Labute approximate surface area is 136 Å². The average molecular weight is 335 g/mol. The number of halogens is 1. The molecule has 0 radical (unpaired) electrons. The van der Waals surface area contributed by atoms with Crippen molar-refractivity contribution in [2.75, 3.05) is 0 Å². The van der Waals surface area contributed by atoms with Gasteiger partial charge < -0.3 is 10.5 Å². The van der Waals surface area contributed by atoms with E-state index in [1.54, 1.807) is 29.5 Å². The van der Waals surface area contributed by atoms with Gasteiger partial charge in [-0.3, -0.25) is 0 Å². The summed E-state index contributed by atoms with van der Waals surface area (Å²) in [5.74, 6) is 0.578. The predicted octanol–water partition coefficient (Wildman–Crippen LogP) is 4.16. The number of thiocarbonyl (C=S) groups is 1. The van der Waals surface area contributed by atoms with E-state index in [-0.39, 0.29) is 4.99 Å². The van der Waals surface area contributed by atoms with Gasteiger partial charge >= 0.3 is 0 Å². The summed E-state index contributed by atoms with van der Waals surface area (Å²) in [7, 11) is 0. The normalized spacial score (nSPS) is 10.7. The Morgan fingerprint density at radius 1 is 1.24 bits per heavy atom. The van der Waals surface area contributed by atoms with Crippen molar-refractivity contribution in [3.8, 4) is 5.75 Å². The summed E-state index contributed by atoms with van der Waals surface area (Å²) in [6.45, 7) is 0.356. The second-order valence-electron chi connectivity index (χ2n) is 4.34. The number of benzene rings is 2. The molecule has 1 heterocycles. The molecule has 0 aliphatic carbocycles. The maximum absolute atomic E-state index is 6.11. The summed E-state index contributed by atoms with van der Waals surface area (Å²) in [6.07, 6.45) is 0. The van der Waals surface area contributed by atoms with Gasteiger partial charge in [0.2, 0.25) is 0 Å². The monoisotopic (exact) mass is 334 g/mol. The van der Waals surface area contributed by atoms with E-state index < -0.39 is 0 Å². The van der Waals surface area contributed by atoms with Crippen LogP contribution in [-0.4, -0.2) is 9.97 Å². The molecule has 0 saturated heterocycles. The van der Waals surface area contributed by atoms with E-state index in [0.717, 1.165) is 15.2 Å². The molecule has 3 rings (SSSR count). The van der Waals surface area contributed by atoms with Crippen LogP contribution in [0, 0.1) is 0 Å². The van der Waals surface area contributed by atoms with Crippen LogP contribution in [0.2, 0.25) is 5.02 Å². The number of nitrogens with two attached hydrogens (primary N) is 1. The van der Waals surface area contributed by atoms with Gasteiger partial charge in [-0.05, 0) is 24.3 Å². The summed E-state index contributed by atoms with van der Waals surface area (Å²) in [5, 5.41) is 1.38. The van der Waals surface area contributed by atoms with Crippen LogP contribution in [0.3, 0.4) is 0 Å². The molecule has 0 aliphatic rings. The quantitative estimate of drug-likeness (QED) is 0.728. The van der Waals surface area contributed by atoms with E-state index in [4.69, 9.17) is 34.3 Å². The second-order valence-corrected chi connectivity index (χ2v) is 6.30. The summed E-state index contributed by atoms with van der Waals surface area (Å²) in [5.41, 5.74) is 7.24. The lowest BCUT2D eigenvalue weighted by molar-refractivity contribution is 0.305. The Morgan fingerprint density at radius 3 is 2.81 bits per heavy atom. The second kappa shape index (κ2) is 5.97. The van der Waals surface area contributed by atoms with E-state index in [2.05, 4.69) is 4.98 Å². The van der Waals surface area contributed by atoms with Crippen LogP contribution in [0.15, 0.2) is 42.5 Å². The van der Waals surface area contributed by atoms with Crippen LogP contribution in [-0.2, 0) is 6.61 Å². The van der Waals surface area contributed by atoms with Gasteiger partial charge in [0.15, 0.2) is 0 Å². The smallest absolute Gasteiger partial charge is 0.140 e. The standard InChI is InChI=1S/C15H11ClN2OS2/c16-9-4-3-6-11(14(9)15(17)20)19-8-13-18-10-5-1-2-7-12(10)21-13/h1-7H,8H2,(H2,17,20). The Morgan fingerprint density at radius 2 is 2.05 bits per heavy atom. The average Bonchev–Trinajstić information content (AvgIpc) is 2.87. The number of hydrogen-bond donors (Lipinski definition) is 1. The summed E-state index contributed by atoms with van der Waals surface area (Å²) < 4.78 is 6.93. The molecule has 3 aromatic rings. The number of rotatable bonds is 4. The third kappa shape index (κ3) is 3.00. The molecule has 0 amide bonds. The number of hydrogen-bond acceptors (Lipinski definition) is 4. The van der Waals surface area contributed by atoms with Crippen molar-refractivity contribution in [1.29, 1.82) is 0 Å². The summed E-state index contributed by atoms with van der Waals surface area (Å²) >= 11 is 12.7. The zero-order valence-electron chi connectivity index (χ0n) is 10.9. The number of para-hydroxylation sites is 1. The van der Waals surface area contributed by atoms with Crippen molar-refractivity contribution in [2.24, 2.45) is 5.73 Å². The van der Waals surface area contributed by atoms with Crippen molar-refractivity contribution in [3.63, 3.8) is 0 Å². The largest absolute Gasteiger partial charge is 0.486 e. The summed E-state index contributed by atoms with van der Waals surface area (Å²) in [6, 6.07) is 13.3. The third-order valence-electron chi connectivity index (χ3n) is 2.91. The fourth-order valence-electron chi connectivity index (χ4n) is 1.98. The molecular formula is C15H11ClN2OS2. The predicted molar refractivity (Wildman–Crippen MR) is 91.3 cm³/mol. The van der Waals surface area contributed by atoms with Crippen LogP contribution in [0.1, 0.15) is 10.6 Å². The van der Waals surface area contributed by atoms with Crippen LogP contribution < -0.4 is 10.5 Å².